The van der Waals surface area contributed by atoms with Gasteiger partial charge in [0.15, 0.2) is 5.78 Å². The van der Waals surface area contributed by atoms with E-state index in [1.54, 1.807) is 24.3 Å². The summed E-state index contributed by atoms with van der Waals surface area (Å²) in [5.41, 5.74) is -0.125. The summed E-state index contributed by atoms with van der Waals surface area (Å²) in [6, 6.07) is 11.4. The molecule has 0 N–H and O–H groups in total. The fraction of sp³-hybridized carbons (Fsp3) is 0.409. The summed E-state index contributed by atoms with van der Waals surface area (Å²) in [5.74, 6) is 0.373. The van der Waals surface area contributed by atoms with Gasteiger partial charge in [-0.25, -0.2) is 0 Å². The van der Waals surface area contributed by atoms with Crippen LogP contribution in [0.4, 0.5) is 13.2 Å². The van der Waals surface area contributed by atoms with Crippen LogP contribution in [-0.2, 0) is 6.18 Å². The standard InChI is InChI=1S/C22H24F3NO2/c1-2-13-26-14-3-4-19(26)15-28-20-11-7-17(8-12-20)21(27)16-5-9-18(10-6-16)22(23,24)25/h5-12,19H,2-4,13-15H2,1H3. The van der Waals surface area contributed by atoms with Crippen LogP contribution in [0.1, 0.15) is 47.7 Å². The minimum absolute atomic E-state index is 0.225. The number of alkyl halides is 3. The number of hydrogen-bond acceptors (Lipinski definition) is 3. The van der Waals surface area contributed by atoms with E-state index >= 15 is 0 Å². The topological polar surface area (TPSA) is 29.5 Å². The lowest BCUT2D eigenvalue weighted by Crippen LogP contribution is -2.34. The number of nitrogens with zero attached hydrogens (tertiary/aromatic N) is 1. The molecule has 3 nitrogen and oxygen atoms in total. The van der Waals surface area contributed by atoms with Crippen molar-refractivity contribution in [3.05, 3.63) is 65.2 Å². The Hall–Kier alpha value is -2.34. The average molecular weight is 391 g/mol. The molecule has 3 rings (SSSR count). The van der Waals surface area contributed by atoms with Crippen LogP contribution in [-0.4, -0.2) is 36.4 Å². The van der Waals surface area contributed by atoms with Gasteiger partial charge in [0.1, 0.15) is 12.4 Å². The lowest BCUT2D eigenvalue weighted by molar-refractivity contribution is -0.137. The Balaban J connectivity index is 1.60. The largest absolute Gasteiger partial charge is 0.492 e. The van der Waals surface area contributed by atoms with E-state index < -0.39 is 11.7 Å². The highest BCUT2D eigenvalue weighted by atomic mass is 19.4. The summed E-state index contributed by atoms with van der Waals surface area (Å²) in [5, 5.41) is 0. The maximum atomic E-state index is 12.6. The number of benzene rings is 2. The first-order chi connectivity index (χ1) is 13.4. The van der Waals surface area contributed by atoms with Gasteiger partial charge in [-0.2, -0.15) is 13.2 Å². The number of carbonyl (C=O) groups is 1. The van der Waals surface area contributed by atoms with Gasteiger partial charge in [0.2, 0.25) is 0 Å². The molecule has 6 heteroatoms. The van der Waals surface area contributed by atoms with E-state index in [9.17, 15) is 18.0 Å². The fourth-order valence-corrected chi connectivity index (χ4v) is 3.54. The molecule has 0 aromatic heterocycles. The molecule has 0 amide bonds. The Labute approximate surface area is 163 Å². The zero-order valence-corrected chi connectivity index (χ0v) is 15.8. The molecule has 0 radical (unpaired) electrons. The van der Waals surface area contributed by atoms with Crippen molar-refractivity contribution in [2.75, 3.05) is 19.7 Å². The van der Waals surface area contributed by atoms with Crippen molar-refractivity contribution in [1.82, 2.24) is 4.90 Å². The Morgan fingerprint density at radius 1 is 1.07 bits per heavy atom. The smallest absolute Gasteiger partial charge is 0.416 e. The van der Waals surface area contributed by atoms with Crippen molar-refractivity contribution >= 4 is 5.78 Å². The van der Waals surface area contributed by atoms with Gasteiger partial charge in [0.25, 0.3) is 0 Å². The van der Waals surface area contributed by atoms with Gasteiger partial charge in [-0.3, -0.25) is 9.69 Å². The van der Waals surface area contributed by atoms with Crippen molar-refractivity contribution in [3.8, 4) is 5.75 Å². The molecule has 2 aromatic carbocycles. The Morgan fingerprint density at radius 3 is 2.25 bits per heavy atom. The molecule has 1 fully saturated rings. The third-order valence-corrected chi connectivity index (χ3v) is 5.04. The highest BCUT2D eigenvalue weighted by Crippen LogP contribution is 2.29. The van der Waals surface area contributed by atoms with Crippen molar-refractivity contribution in [2.45, 2.75) is 38.4 Å². The first kappa shape index (κ1) is 20.4. The van der Waals surface area contributed by atoms with Gasteiger partial charge >= 0.3 is 6.18 Å². The summed E-state index contributed by atoms with van der Waals surface area (Å²) >= 11 is 0. The molecule has 0 spiro atoms. The van der Waals surface area contributed by atoms with Gasteiger partial charge in [-0.1, -0.05) is 19.1 Å². The van der Waals surface area contributed by atoms with Crippen LogP contribution in [0.3, 0.4) is 0 Å². The van der Waals surface area contributed by atoms with E-state index in [-0.39, 0.29) is 11.3 Å². The third-order valence-electron chi connectivity index (χ3n) is 5.04. The zero-order chi connectivity index (χ0) is 20.1. The molecule has 1 unspecified atom stereocenters. The summed E-state index contributed by atoms with van der Waals surface area (Å²) in [6.45, 7) is 4.98. The van der Waals surface area contributed by atoms with E-state index in [0.717, 1.165) is 38.1 Å². The summed E-state index contributed by atoms with van der Waals surface area (Å²) in [4.78, 5) is 14.9. The Morgan fingerprint density at radius 2 is 1.68 bits per heavy atom. The van der Waals surface area contributed by atoms with Crippen LogP contribution >= 0.6 is 0 Å². The average Bonchev–Trinajstić information content (AvgIpc) is 3.13. The molecule has 150 valence electrons. The lowest BCUT2D eigenvalue weighted by atomic mass is 10.0. The van der Waals surface area contributed by atoms with Crippen molar-refractivity contribution < 1.29 is 22.7 Å². The van der Waals surface area contributed by atoms with Crippen LogP contribution in [0, 0.1) is 0 Å². The molecule has 1 aliphatic heterocycles. The van der Waals surface area contributed by atoms with E-state index in [1.807, 2.05) is 0 Å². The van der Waals surface area contributed by atoms with Gasteiger partial charge in [-0.15, -0.1) is 0 Å². The van der Waals surface area contributed by atoms with Crippen LogP contribution in [0.25, 0.3) is 0 Å². The van der Waals surface area contributed by atoms with Gasteiger partial charge in [0.05, 0.1) is 5.56 Å². The van der Waals surface area contributed by atoms with Crippen LogP contribution in [0.5, 0.6) is 5.75 Å². The lowest BCUT2D eigenvalue weighted by Gasteiger charge is -2.23. The molecular formula is C22H24F3NO2. The molecule has 0 aliphatic carbocycles. The SMILES string of the molecule is CCCN1CCCC1COc1ccc(C(=O)c2ccc(C(F)(F)F)cc2)cc1. The third kappa shape index (κ3) is 4.93. The second-order valence-electron chi connectivity index (χ2n) is 7.07. The number of carbonyl (C=O) groups excluding carboxylic acids is 1. The maximum absolute atomic E-state index is 12.6. The van der Waals surface area contributed by atoms with Crippen LogP contribution in [0.15, 0.2) is 48.5 Å². The number of rotatable bonds is 7. The zero-order valence-electron chi connectivity index (χ0n) is 15.8. The Kier molecular flexibility index (Phi) is 6.39. The minimum atomic E-state index is -4.41. The number of ketones is 1. The van der Waals surface area contributed by atoms with Crippen LogP contribution < -0.4 is 4.74 Å². The normalized spacial score (nSPS) is 17.6. The quantitative estimate of drug-likeness (QED) is 0.609. The fourth-order valence-electron chi connectivity index (χ4n) is 3.54. The molecular weight excluding hydrogens is 367 g/mol. The van der Waals surface area contributed by atoms with E-state index in [2.05, 4.69) is 11.8 Å². The van der Waals surface area contributed by atoms with E-state index in [1.165, 1.54) is 18.6 Å². The van der Waals surface area contributed by atoms with E-state index in [0.29, 0.717) is 24.0 Å². The van der Waals surface area contributed by atoms with Crippen molar-refractivity contribution in [3.63, 3.8) is 0 Å². The first-order valence-electron chi connectivity index (χ1n) is 9.57. The molecule has 1 aliphatic rings. The predicted molar refractivity (Wildman–Crippen MR) is 102 cm³/mol. The summed E-state index contributed by atoms with van der Waals surface area (Å²) in [6.07, 6.45) is -0.969. The van der Waals surface area contributed by atoms with Gasteiger partial charge in [-0.05, 0) is 68.8 Å². The van der Waals surface area contributed by atoms with Crippen LogP contribution in [0.2, 0.25) is 0 Å². The molecule has 2 aromatic rings. The minimum Gasteiger partial charge on any atom is -0.492 e. The van der Waals surface area contributed by atoms with Crippen molar-refractivity contribution in [1.29, 1.82) is 0 Å². The molecule has 28 heavy (non-hydrogen) atoms. The highest BCUT2D eigenvalue weighted by molar-refractivity contribution is 6.09. The Bertz CT molecular complexity index is 785. The number of hydrogen-bond donors (Lipinski definition) is 0. The highest BCUT2D eigenvalue weighted by Gasteiger charge is 2.30. The summed E-state index contributed by atoms with van der Waals surface area (Å²) in [7, 11) is 0. The maximum Gasteiger partial charge on any atom is 0.416 e. The number of ether oxygens (including phenoxy) is 1. The second kappa shape index (κ2) is 8.78. The predicted octanol–water partition coefficient (Wildman–Crippen LogP) is 5.19. The second-order valence-corrected chi connectivity index (χ2v) is 7.07. The molecule has 1 saturated heterocycles. The van der Waals surface area contributed by atoms with Gasteiger partial charge < -0.3 is 4.74 Å². The molecule has 0 saturated carbocycles. The number of likely N-dealkylation sites (tertiary alicyclic amines) is 1. The number of halogens is 3. The first-order valence-corrected chi connectivity index (χ1v) is 9.57. The summed E-state index contributed by atoms with van der Waals surface area (Å²) < 4.78 is 43.8. The molecule has 1 heterocycles. The van der Waals surface area contributed by atoms with Gasteiger partial charge in [0, 0.05) is 17.2 Å². The van der Waals surface area contributed by atoms with Crippen molar-refractivity contribution in [2.24, 2.45) is 0 Å². The van der Waals surface area contributed by atoms with E-state index in [4.69, 9.17) is 4.74 Å². The molecule has 0 bridgehead atoms. The monoisotopic (exact) mass is 391 g/mol. The molecule has 1 atom stereocenters.